The standard InChI is InChI=1S/C29H52O/c1-3-5-22-6-8-23(9-7-22)24-10-12-25(13-11-24)26-14-16-27(17-15-26)28-18-20-29(21-19-28)30-4-2/h22-29H,3-21H2,1-2H3. The van der Waals surface area contributed by atoms with Crippen LogP contribution in [0.3, 0.4) is 0 Å². The molecule has 0 aromatic heterocycles. The zero-order chi connectivity index (χ0) is 20.8. The Kier molecular flexibility index (Phi) is 9.03. The summed E-state index contributed by atoms with van der Waals surface area (Å²) in [7, 11) is 0. The van der Waals surface area contributed by atoms with Gasteiger partial charge in [-0.05, 0) is 138 Å². The summed E-state index contributed by atoms with van der Waals surface area (Å²) in [6, 6.07) is 0. The summed E-state index contributed by atoms with van der Waals surface area (Å²) in [4.78, 5) is 0. The van der Waals surface area contributed by atoms with Crippen molar-refractivity contribution in [2.45, 2.75) is 136 Å². The van der Waals surface area contributed by atoms with E-state index in [-0.39, 0.29) is 0 Å². The second kappa shape index (κ2) is 11.7. The van der Waals surface area contributed by atoms with Gasteiger partial charge in [-0.1, -0.05) is 32.6 Å². The molecule has 1 nitrogen and oxygen atoms in total. The highest BCUT2D eigenvalue weighted by atomic mass is 16.5. The molecule has 4 aliphatic carbocycles. The van der Waals surface area contributed by atoms with Crippen molar-refractivity contribution in [2.24, 2.45) is 41.4 Å². The zero-order valence-electron chi connectivity index (χ0n) is 20.5. The zero-order valence-corrected chi connectivity index (χ0v) is 20.5. The van der Waals surface area contributed by atoms with Crippen LogP contribution in [0.5, 0.6) is 0 Å². The lowest BCUT2D eigenvalue weighted by molar-refractivity contribution is 0.0112. The molecule has 30 heavy (non-hydrogen) atoms. The van der Waals surface area contributed by atoms with Gasteiger partial charge < -0.3 is 4.74 Å². The highest BCUT2D eigenvalue weighted by Crippen LogP contribution is 2.48. The van der Waals surface area contributed by atoms with Gasteiger partial charge in [0.15, 0.2) is 0 Å². The number of hydrogen-bond acceptors (Lipinski definition) is 1. The van der Waals surface area contributed by atoms with E-state index in [9.17, 15) is 0 Å². The maximum absolute atomic E-state index is 5.88. The van der Waals surface area contributed by atoms with E-state index in [0.717, 1.165) is 48.0 Å². The number of rotatable bonds is 7. The van der Waals surface area contributed by atoms with Crippen molar-refractivity contribution >= 4 is 0 Å². The molecule has 0 aliphatic heterocycles. The van der Waals surface area contributed by atoms with Crippen molar-refractivity contribution in [3.8, 4) is 0 Å². The van der Waals surface area contributed by atoms with Crippen molar-refractivity contribution in [1.82, 2.24) is 0 Å². The monoisotopic (exact) mass is 416 g/mol. The summed E-state index contributed by atoms with van der Waals surface area (Å²) in [5.41, 5.74) is 0. The molecule has 174 valence electrons. The fourth-order valence-electron chi connectivity index (χ4n) is 8.49. The van der Waals surface area contributed by atoms with Crippen LogP contribution >= 0.6 is 0 Å². The summed E-state index contributed by atoms with van der Waals surface area (Å²) in [5, 5.41) is 0. The topological polar surface area (TPSA) is 9.23 Å². The van der Waals surface area contributed by atoms with Crippen molar-refractivity contribution in [2.75, 3.05) is 6.61 Å². The Hall–Kier alpha value is -0.0400. The van der Waals surface area contributed by atoms with Crippen molar-refractivity contribution in [3.05, 3.63) is 0 Å². The Morgan fingerprint density at radius 3 is 1.13 bits per heavy atom. The molecule has 0 unspecified atom stereocenters. The van der Waals surface area contributed by atoms with Crippen LogP contribution in [0.2, 0.25) is 0 Å². The number of ether oxygens (including phenoxy) is 1. The largest absolute Gasteiger partial charge is 0.379 e. The summed E-state index contributed by atoms with van der Waals surface area (Å²) < 4.78 is 5.88. The van der Waals surface area contributed by atoms with Crippen LogP contribution in [0.25, 0.3) is 0 Å². The van der Waals surface area contributed by atoms with Gasteiger partial charge >= 0.3 is 0 Å². The average Bonchev–Trinajstić information content (AvgIpc) is 2.81. The Labute approximate surface area is 188 Å². The van der Waals surface area contributed by atoms with E-state index in [1.165, 1.54) is 38.5 Å². The molecule has 0 heterocycles. The highest BCUT2D eigenvalue weighted by molar-refractivity contribution is 4.88. The van der Waals surface area contributed by atoms with Gasteiger partial charge in [0.2, 0.25) is 0 Å². The lowest BCUT2D eigenvalue weighted by Crippen LogP contribution is -2.32. The van der Waals surface area contributed by atoms with Crippen LogP contribution in [0.15, 0.2) is 0 Å². The van der Waals surface area contributed by atoms with Gasteiger partial charge in [-0.15, -0.1) is 0 Å². The molecule has 4 aliphatic rings. The quantitative estimate of drug-likeness (QED) is 0.403. The van der Waals surface area contributed by atoms with Crippen LogP contribution in [0.4, 0.5) is 0 Å². The first-order chi connectivity index (χ1) is 14.8. The third kappa shape index (κ3) is 6.05. The Morgan fingerprint density at radius 2 is 0.800 bits per heavy atom. The van der Waals surface area contributed by atoms with Crippen molar-refractivity contribution < 1.29 is 4.74 Å². The van der Waals surface area contributed by atoms with E-state index in [2.05, 4.69) is 13.8 Å². The van der Waals surface area contributed by atoms with Crippen molar-refractivity contribution in [1.29, 1.82) is 0 Å². The van der Waals surface area contributed by atoms with E-state index >= 15 is 0 Å². The lowest BCUT2D eigenvalue weighted by Gasteiger charge is -2.43. The van der Waals surface area contributed by atoms with Gasteiger partial charge in [0.05, 0.1) is 6.10 Å². The van der Waals surface area contributed by atoms with Gasteiger partial charge in [-0.25, -0.2) is 0 Å². The molecule has 4 rings (SSSR count). The second-order valence-corrected chi connectivity index (χ2v) is 11.9. The SMILES string of the molecule is CCCC1CCC(C2CCC(C3CCC(C4CCC(OCC)CC4)CC3)CC2)CC1. The first kappa shape index (κ1) is 23.1. The predicted octanol–water partition coefficient (Wildman–Crippen LogP) is 8.80. The van der Waals surface area contributed by atoms with Crippen LogP contribution in [0.1, 0.15) is 129 Å². The van der Waals surface area contributed by atoms with Gasteiger partial charge in [0.1, 0.15) is 0 Å². The van der Waals surface area contributed by atoms with Gasteiger partial charge in [0.25, 0.3) is 0 Å². The Balaban J connectivity index is 1.13. The molecule has 0 aromatic carbocycles. The normalized spacial score (nSPS) is 43.4. The van der Waals surface area contributed by atoms with E-state index in [1.807, 2.05) is 0 Å². The summed E-state index contributed by atoms with van der Waals surface area (Å²) in [6.45, 7) is 5.43. The molecule has 0 spiro atoms. The van der Waals surface area contributed by atoms with Gasteiger partial charge in [-0.2, -0.15) is 0 Å². The van der Waals surface area contributed by atoms with E-state index < -0.39 is 0 Å². The minimum absolute atomic E-state index is 0.583. The first-order valence-electron chi connectivity index (χ1n) is 14.4. The molecule has 0 bridgehead atoms. The fourth-order valence-corrected chi connectivity index (χ4v) is 8.49. The molecule has 4 fully saturated rings. The minimum Gasteiger partial charge on any atom is -0.379 e. The third-order valence-electron chi connectivity index (χ3n) is 10.3. The number of hydrogen-bond donors (Lipinski definition) is 0. The fraction of sp³-hybridized carbons (Fsp3) is 1.00. The maximum Gasteiger partial charge on any atom is 0.0575 e. The second-order valence-electron chi connectivity index (χ2n) is 11.9. The highest BCUT2D eigenvalue weighted by Gasteiger charge is 2.36. The van der Waals surface area contributed by atoms with E-state index in [4.69, 9.17) is 4.74 Å². The van der Waals surface area contributed by atoms with Crippen LogP contribution in [0, 0.1) is 41.4 Å². The van der Waals surface area contributed by atoms with E-state index in [0.29, 0.717) is 6.10 Å². The molecule has 0 amide bonds. The molecule has 0 radical (unpaired) electrons. The Bertz CT molecular complexity index is 411. The van der Waals surface area contributed by atoms with Crippen LogP contribution in [-0.4, -0.2) is 12.7 Å². The lowest BCUT2D eigenvalue weighted by atomic mass is 9.63. The third-order valence-corrected chi connectivity index (χ3v) is 10.3. The first-order valence-corrected chi connectivity index (χ1v) is 14.4. The molecule has 0 atom stereocenters. The van der Waals surface area contributed by atoms with Gasteiger partial charge in [0, 0.05) is 6.61 Å². The summed E-state index contributed by atoms with van der Waals surface area (Å²) in [6.07, 6.45) is 27.8. The smallest absolute Gasteiger partial charge is 0.0575 e. The summed E-state index contributed by atoms with van der Waals surface area (Å²) >= 11 is 0. The molecule has 0 N–H and O–H groups in total. The van der Waals surface area contributed by atoms with Crippen LogP contribution < -0.4 is 0 Å². The average molecular weight is 417 g/mol. The Morgan fingerprint density at radius 1 is 0.467 bits per heavy atom. The molecular weight excluding hydrogens is 364 g/mol. The van der Waals surface area contributed by atoms with Crippen LogP contribution in [-0.2, 0) is 4.74 Å². The van der Waals surface area contributed by atoms with Crippen molar-refractivity contribution in [3.63, 3.8) is 0 Å². The molecule has 4 saturated carbocycles. The summed E-state index contributed by atoms with van der Waals surface area (Å²) in [5.74, 6) is 7.53. The maximum atomic E-state index is 5.88. The predicted molar refractivity (Wildman–Crippen MR) is 129 cm³/mol. The van der Waals surface area contributed by atoms with E-state index in [1.54, 1.807) is 77.0 Å². The molecule has 0 saturated heterocycles. The molecular formula is C29H52O. The molecule has 1 heteroatoms. The van der Waals surface area contributed by atoms with Gasteiger partial charge in [-0.3, -0.25) is 0 Å². The minimum atomic E-state index is 0.583. The molecule has 0 aromatic rings.